The fraction of sp³-hybridized carbons (Fsp3) is 0.556. The second-order valence-electron chi connectivity index (χ2n) is 7.82. The van der Waals surface area contributed by atoms with Crippen molar-refractivity contribution in [2.24, 2.45) is 0 Å². The van der Waals surface area contributed by atoms with Crippen LogP contribution in [-0.2, 0) is 16.1 Å². The molecule has 0 saturated carbocycles. The van der Waals surface area contributed by atoms with E-state index in [1.165, 1.54) is 17.0 Å². The summed E-state index contributed by atoms with van der Waals surface area (Å²) < 4.78 is 19.3. The third-order valence-electron chi connectivity index (χ3n) is 3.84. The summed E-state index contributed by atoms with van der Waals surface area (Å²) >= 11 is 3.20. The van der Waals surface area contributed by atoms with Gasteiger partial charge in [0.1, 0.15) is 17.5 Å². The maximum Gasteiger partial charge on any atom is 0.411 e. The van der Waals surface area contributed by atoms with Gasteiger partial charge in [-0.05, 0) is 51.5 Å². The van der Waals surface area contributed by atoms with Crippen molar-refractivity contribution in [2.45, 2.75) is 57.9 Å². The number of hydrogen-bond acceptors (Lipinski definition) is 4. The summed E-state index contributed by atoms with van der Waals surface area (Å²) in [5.41, 5.74) is -1.31. The molecular weight excluding hydrogens is 407 g/mol. The first-order valence-corrected chi connectivity index (χ1v) is 9.10. The Hall–Kier alpha value is -1.67. The molecule has 1 fully saturated rings. The number of β-amino-alcohol motifs (C(OH)–C–C–N with tert-alkyl or cyclic N) is 1. The Bertz CT molecular complexity index is 683. The van der Waals surface area contributed by atoms with Gasteiger partial charge in [0.05, 0.1) is 12.1 Å². The van der Waals surface area contributed by atoms with Gasteiger partial charge in [-0.25, -0.2) is 9.18 Å². The zero-order valence-electron chi connectivity index (χ0n) is 15.3. The van der Waals surface area contributed by atoms with Crippen molar-refractivity contribution in [3.8, 4) is 0 Å². The van der Waals surface area contributed by atoms with Gasteiger partial charge in [0.25, 0.3) is 0 Å². The third kappa shape index (κ3) is 5.67. The molecule has 6 nitrogen and oxygen atoms in total. The Labute approximate surface area is 160 Å². The minimum absolute atomic E-state index is 0.00547. The van der Waals surface area contributed by atoms with Crippen LogP contribution in [-0.4, -0.2) is 45.8 Å². The van der Waals surface area contributed by atoms with Crippen molar-refractivity contribution >= 4 is 27.9 Å². The molecule has 8 heteroatoms. The van der Waals surface area contributed by atoms with Crippen molar-refractivity contribution in [3.63, 3.8) is 0 Å². The Morgan fingerprint density at radius 1 is 1.42 bits per heavy atom. The van der Waals surface area contributed by atoms with Gasteiger partial charge in [-0.2, -0.15) is 0 Å². The lowest BCUT2D eigenvalue weighted by molar-refractivity contribution is -0.125. The lowest BCUT2D eigenvalue weighted by Crippen LogP contribution is -2.47. The van der Waals surface area contributed by atoms with Crippen LogP contribution in [0.15, 0.2) is 22.7 Å². The fourth-order valence-electron chi connectivity index (χ4n) is 2.84. The van der Waals surface area contributed by atoms with Gasteiger partial charge >= 0.3 is 6.09 Å². The predicted molar refractivity (Wildman–Crippen MR) is 97.9 cm³/mol. The number of nitrogens with one attached hydrogen (secondary N) is 1. The first-order chi connectivity index (χ1) is 11.9. The van der Waals surface area contributed by atoms with E-state index in [1.807, 2.05) is 0 Å². The highest BCUT2D eigenvalue weighted by atomic mass is 79.9. The van der Waals surface area contributed by atoms with Gasteiger partial charge in [-0.3, -0.25) is 9.69 Å². The monoisotopic (exact) mass is 430 g/mol. The maximum absolute atomic E-state index is 13.4. The van der Waals surface area contributed by atoms with Crippen LogP contribution in [0.4, 0.5) is 9.18 Å². The Morgan fingerprint density at radius 2 is 2.08 bits per heavy atom. The van der Waals surface area contributed by atoms with Crippen LogP contribution in [0.1, 0.15) is 39.7 Å². The molecule has 2 amide bonds. The van der Waals surface area contributed by atoms with E-state index in [-0.39, 0.29) is 19.5 Å². The van der Waals surface area contributed by atoms with Crippen LogP contribution in [0.5, 0.6) is 0 Å². The maximum atomic E-state index is 13.4. The van der Waals surface area contributed by atoms with Crippen LogP contribution in [0.25, 0.3) is 0 Å². The summed E-state index contributed by atoms with van der Waals surface area (Å²) in [4.78, 5) is 26.2. The van der Waals surface area contributed by atoms with Crippen molar-refractivity contribution < 1.29 is 23.8 Å². The van der Waals surface area contributed by atoms with Crippen molar-refractivity contribution in [2.75, 3.05) is 6.54 Å². The van der Waals surface area contributed by atoms with Gasteiger partial charge in [0.2, 0.25) is 5.91 Å². The van der Waals surface area contributed by atoms with Crippen LogP contribution >= 0.6 is 15.9 Å². The summed E-state index contributed by atoms with van der Waals surface area (Å²) in [5.74, 6) is -0.836. The number of carbonyl (C=O) groups is 2. The molecule has 1 aliphatic heterocycles. The first-order valence-electron chi connectivity index (χ1n) is 8.31. The van der Waals surface area contributed by atoms with E-state index in [4.69, 9.17) is 4.74 Å². The second kappa shape index (κ2) is 7.52. The van der Waals surface area contributed by atoms with E-state index in [2.05, 4.69) is 21.2 Å². The molecule has 26 heavy (non-hydrogen) atoms. The minimum atomic E-state index is -1.18. The van der Waals surface area contributed by atoms with E-state index in [1.54, 1.807) is 33.8 Å². The Morgan fingerprint density at radius 3 is 2.65 bits per heavy atom. The quantitative estimate of drug-likeness (QED) is 0.772. The molecule has 0 bridgehead atoms. The van der Waals surface area contributed by atoms with E-state index < -0.39 is 35.1 Å². The summed E-state index contributed by atoms with van der Waals surface area (Å²) in [7, 11) is 0. The largest absolute Gasteiger partial charge is 0.444 e. The molecule has 1 aliphatic rings. The number of halogens is 2. The lowest BCUT2D eigenvalue weighted by Gasteiger charge is -2.28. The van der Waals surface area contributed by atoms with Crippen molar-refractivity contribution in [3.05, 3.63) is 34.1 Å². The van der Waals surface area contributed by atoms with Gasteiger partial charge in [-0.15, -0.1) is 0 Å². The Kier molecular flexibility index (Phi) is 5.97. The number of carbonyl (C=O) groups excluding carboxylic acids is 2. The molecule has 0 aliphatic carbocycles. The van der Waals surface area contributed by atoms with Crippen molar-refractivity contribution in [1.82, 2.24) is 10.2 Å². The highest BCUT2D eigenvalue weighted by Crippen LogP contribution is 2.28. The van der Waals surface area contributed by atoms with Gasteiger partial charge in [-0.1, -0.05) is 15.9 Å². The molecule has 1 aromatic rings. The van der Waals surface area contributed by atoms with E-state index >= 15 is 0 Å². The number of ether oxygens (including phenoxy) is 1. The molecule has 0 spiro atoms. The van der Waals surface area contributed by atoms with Gasteiger partial charge < -0.3 is 15.2 Å². The van der Waals surface area contributed by atoms with Gasteiger partial charge in [0, 0.05) is 17.4 Å². The van der Waals surface area contributed by atoms with E-state index in [0.29, 0.717) is 10.0 Å². The Balaban J connectivity index is 2.07. The molecule has 2 rings (SSSR count). The van der Waals surface area contributed by atoms with Crippen LogP contribution < -0.4 is 5.32 Å². The molecule has 144 valence electrons. The normalized spacial score (nSPS) is 23.0. The van der Waals surface area contributed by atoms with E-state index in [0.717, 1.165) is 0 Å². The summed E-state index contributed by atoms with van der Waals surface area (Å²) in [6, 6.07) is 3.49. The van der Waals surface area contributed by atoms with Gasteiger partial charge in [0.15, 0.2) is 0 Å². The highest BCUT2D eigenvalue weighted by molar-refractivity contribution is 9.10. The summed E-state index contributed by atoms with van der Waals surface area (Å²) in [6.45, 7) is 6.88. The van der Waals surface area contributed by atoms with Crippen molar-refractivity contribution in [1.29, 1.82) is 0 Å². The topological polar surface area (TPSA) is 78.9 Å². The number of likely N-dealkylation sites (tertiary alicyclic amines) is 1. The molecule has 2 atom stereocenters. The predicted octanol–water partition coefficient (Wildman–Crippen LogP) is 2.96. The number of benzene rings is 1. The molecule has 1 saturated heterocycles. The molecule has 1 heterocycles. The number of hydrogen-bond donors (Lipinski definition) is 2. The molecule has 1 aromatic carbocycles. The fourth-order valence-corrected chi connectivity index (χ4v) is 3.35. The minimum Gasteiger partial charge on any atom is -0.444 e. The zero-order valence-corrected chi connectivity index (χ0v) is 16.9. The molecule has 0 radical (unpaired) electrons. The molecule has 2 N–H and O–H groups in total. The number of aliphatic hydroxyl groups is 1. The second-order valence-corrected chi connectivity index (χ2v) is 8.74. The average Bonchev–Trinajstić information content (AvgIpc) is 2.78. The molecule has 2 unspecified atom stereocenters. The van der Waals surface area contributed by atoms with Crippen LogP contribution in [0, 0.1) is 5.82 Å². The van der Waals surface area contributed by atoms with Crippen LogP contribution in [0.3, 0.4) is 0 Å². The first kappa shape index (κ1) is 20.6. The van der Waals surface area contributed by atoms with Crippen LogP contribution in [0.2, 0.25) is 0 Å². The summed E-state index contributed by atoms with van der Waals surface area (Å²) in [6.07, 6.45) is -0.547. The molecule has 0 aromatic heterocycles. The average molecular weight is 431 g/mol. The number of nitrogens with zero attached hydrogens (tertiary/aromatic N) is 1. The third-order valence-corrected chi connectivity index (χ3v) is 4.30. The smallest absolute Gasteiger partial charge is 0.411 e. The molecular formula is C18H24BrFN2O4. The highest BCUT2D eigenvalue weighted by Gasteiger charge is 2.46. The summed E-state index contributed by atoms with van der Waals surface area (Å²) in [5, 5.41) is 13.0. The number of amides is 2. The number of rotatable bonds is 3. The zero-order chi connectivity index (χ0) is 19.7. The van der Waals surface area contributed by atoms with E-state index in [9.17, 15) is 19.1 Å². The lowest BCUT2D eigenvalue weighted by atomic mass is 10.0. The standard InChI is InChI=1S/C18H24BrFN2O4/c1-17(2,3)26-16(24)22-10-18(4,25)8-14(22)15(23)21-9-11-5-12(19)7-13(20)6-11/h5-7,14,25H,8-10H2,1-4H3,(H,21,23). The SMILES string of the molecule is CC1(O)CC(C(=O)NCc2cc(F)cc(Br)c2)N(C(=O)OC(C)(C)C)C1.